The minimum absolute atomic E-state index is 0.0239. The summed E-state index contributed by atoms with van der Waals surface area (Å²) >= 11 is 0. The van der Waals surface area contributed by atoms with E-state index in [4.69, 9.17) is 15.2 Å². The number of methoxy groups -OCH3 is 2. The normalized spacial score (nSPS) is 11.8. The third-order valence-electron chi connectivity index (χ3n) is 3.21. The van der Waals surface area contributed by atoms with Crippen molar-refractivity contribution in [2.75, 3.05) is 14.2 Å². The van der Waals surface area contributed by atoms with Crippen molar-refractivity contribution in [2.24, 2.45) is 5.73 Å². The van der Waals surface area contributed by atoms with Crippen molar-refractivity contribution in [3.63, 3.8) is 0 Å². The molecule has 2 N–H and O–H groups in total. The van der Waals surface area contributed by atoms with Crippen molar-refractivity contribution in [2.45, 2.75) is 6.04 Å². The van der Waals surface area contributed by atoms with Gasteiger partial charge in [0.25, 0.3) is 5.69 Å². The predicted octanol–water partition coefficient (Wildman–Crippen LogP) is 2.66. The molecule has 6 nitrogen and oxygen atoms in total. The van der Waals surface area contributed by atoms with Gasteiger partial charge in [0, 0.05) is 17.7 Å². The van der Waals surface area contributed by atoms with Crippen LogP contribution in [0.1, 0.15) is 17.2 Å². The Labute approximate surface area is 122 Å². The molecule has 0 aliphatic carbocycles. The molecule has 0 spiro atoms. The van der Waals surface area contributed by atoms with Gasteiger partial charge in [0.1, 0.15) is 11.5 Å². The maximum atomic E-state index is 10.9. The molecule has 21 heavy (non-hydrogen) atoms. The summed E-state index contributed by atoms with van der Waals surface area (Å²) in [7, 11) is 3.07. The fourth-order valence-electron chi connectivity index (χ4n) is 2.09. The highest BCUT2D eigenvalue weighted by Crippen LogP contribution is 2.32. The molecule has 2 aromatic carbocycles. The standard InChI is InChI=1S/C15H16N2O4/c1-20-12-5-3-4-10(8-12)15(16)13-9-11(17(18)19)6-7-14(13)21-2/h3-9,15H,16H2,1-2H3. The van der Waals surface area contributed by atoms with Gasteiger partial charge in [-0.1, -0.05) is 12.1 Å². The number of hydrogen-bond acceptors (Lipinski definition) is 5. The van der Waals surface area contributed by atoms with Crippen LogP contribution < -0.4 is 15.2 Å². The highest BCUT2D eigenvalue weighted by atomic mass is 16.6. The predicted molar refractivity (Wildman–Crippen MR) is 78.7 cm³/mol. The third-order valence-corrected chi connectivity index (χ3v) is 3.21. The van der Waals surface area contributed by atoms with Crippen LogP contribution in [0.15, 0.2) is 42.5 Å². The second-order valence-electron chi connectivity index (χ2n) is 4.44. The highest BCUT2D eigenvalue weighted by molar-refractivity contribution is 5.49. The first-order valence-corrected chi connectivity index (χ1v) is 6.28. The molecule has 0 radical (unpaired) electrons. The van der Waals surface area contributed by atoms with E-state index in [-0.39, 0.29) is 5.69 Å². The average molecular weight is 288 g/mol. The minimum Gasteiger partial charge on any atom is -0.497 e. The molecule has 110 valence electrons. The fourth-order valence-corrected chi connectivity index (χ4v) is 2.09. The summed E-state index contributed by atoms with van der Waals surface area (Å²) in [4.78, 5) is 10.5. The molecule has 0 aromatic heterocycles. The summed E-state index contributed by atoms with van der Waals surface area (Å²) in [5.41, 5.74) is 7.54. The van der Waals surface area contributed by atoms with Gasteiger partial charge >= 0.3 is 0 Å². The van der Waals surface area contributed by atoms with E-state index >= 15 is 0 Å². The Kier molecular flexibility index (Phi) is 4.39. The molecule has 0 heterocycles. The largest absolute Gasteiger partial charge is 0.497 e. The van der Waals surface area contributed by atoms with Crippen molar-refractivity contribution in [1.29, 1.82) is 0 Å². The number of rotatable bonds is 5. The van der Waals surface area contributed by atoms with E-state index in [0.717, 1.165) is 5.56 Å². The van der Waals surface area contributed by atoms with Crippen LogP contribution in [0, 0.1) is 10.1 Å². The minimum atomic E-state index is -0.546. The molecule has 0 aliphatic rings. The van der Waals surface area contributed by atoms with Crippen LogP contribution >= 0.6 is 0 Å². The first kappa shape index (κ1) is 14.8. The lowest BCUT2D eigenvalue weighted by Crippen LogP contribution is -2.13. The zero-order valence-electron chi connectivity index (χ0n) is 11.8. The summed E-state index contributed by atoms with van der Waals surface area (Å²) < 4.78 is 10.4. The third kappa shape index (κ3) is 3.11. The zero-order chi connectivity index (χ0) is 15.4. The molecule has 0 saturated heterocycles. The maximum Gasteiger partial charge on any atom is 0.270 e. The van der Waals surface area contributed by atoms with Crippen molar-refractivity contribution < 1.29 is 14.4 Å². The maximum absolute atomic E-state index is 10.9. The van der Waals surface area contributed by atoms with E-state index in [1.54, 1.807) is 25.3 Å². The number of nitro groups is 1. The Morgan fingerprint density at radius 1 is 1.14 bits per heavy atom. The summed E-state index contributed by atoms with van der Waals surface area (Å²) in [6.07, 6.45) is 0. The van der Waals surface area contributed by atoms with Crippen LogP contribution in [0.4, 0.5) is 5.69 Å². The Hall–Kier alpha value is -2.60. The van der Waals surface area contributed by atoms with Gasteiger partial charge in [-0.05, 0) is 23.8 Å². The van der Waals surface area contributed by atoms with Gasteiger partial charge in [-0.2, -0.15) is 0 Å². The topological polar surface area (TPSA) is 87.6 Å². The lowest BCUT2D eigenvalue weighted by Gasteiger charge is -2.16. The summed E-state index contributed by atoms with van der Waals surface area (Å²) in [5, 5.41) is 10.9. The molecular weight excluding hydrogens is 272 g/mol. The van der Waals surface area contributed by atoms with Gasteiger partial charge < -0.3 is 15.2 Å². The van der Waals surface area contributed by atoms with E-state index in [2.05, 4.69) is 0 Å². The van der Waals surface area contributed by atoms with Crippen LogP contribution in [0.2, 0.25) is 0 Å². The Balaban J connectivity index is 2.47. The van der Waals surface area contributed by atoms with E-state index in [0.29, 0.717) is 17.1 Å². The summed E-state index contributed by atoms with van der Waals surface area (Å²) in [6.45, 7) is 0. The van der Waals surface area contributed by atoms with Gasteiger partial charge in [0.05, 0.1) is 25.2 Å². The molecule has 1 atom stereocenters. The quantitative estimate of drug-likeness (QED) is 0.675. The lowest BCUT2D eigenvalue weighted by molar-refractivity contribution is -0.384. The van der Waals surface area contributed by atoms with Crippen molar-refractivity contribution in [1.82, 2.24) is 0 Å². The van der Waals surface area contributed by atoms with Gasteiger partial charge in [-0.25, -0.2) is 0 Å². The molecular formula is C15H16N2O4. The van der Waals surface area contributed by atoms with E-state index in [1.807, 2.05) is 12.1 Å². The van der Waals surface area contributed by atoms with Crippen molar-refractivity contribution >= 4 is 5.69 Å². The summed E-state index contributed by atoms with van der Waals surface area (Å²) in [6, 6.07) is 11.1. The second-order valence-corrected chi connectivity index (χ2v) is 4.44. The van der Waals surface area contributed by atoms with Gasteiger partial charge in [-0.3, -0.25) is 10.1 Å². The van der Waals surface area contributed by atoms with E-state index in [9.17, 15) is 10.1 Å². The second kappa shape index (κ2) is 6.23. The van der Waals surface area contributed by atoms with E-state index in [1.165, 1.54) is 19.2 Å². The first-order valence-electron chi connectivity index (χ1n) is 6.28. The molecule has 2 rings (SSSR count). The van der Waals surface area contributed by atoms with Crippen LogP contribution in [-0.4, -0.2) is 19.1 Å². The monoisotopic (exact) mass is 288 g/mol. The SMILES string of the molecule is COc1cccc(C(N)c2cc([N+](=O)[O-])ccc2OC)c1. The van der Waals surface area contributed by atoms with Gasteiger partial charge in [0.2, 0.25) is 0 Å². The molecule has 0 bridgehead atoms. The molecule has 0 saturated carbocycles. The Bertz CT molecular complexity index is 658. The molecule has 2 aromatic rings. The number of non-ortho nitro benzene ring substituents is 1. The molecule has 1 unspecified atom stereocenters. The number of benzene rings is 2. The molecule has 0 fully saturated rings. The number of nitrogens with two attached hydrogens (primary N) is 1. The van der Waals surface area contributed by atoms with Crippen LogP contribution in [0.5, 0.6) is 11.5 Å². The van der Waals surface area contributed by atoms with Crippen LogP contribution in [0.25, 0.3) is 0 Å². The zero-order valence-corrected chi connectivity index (χ0v) is 11.8. The number of nitrogens with zero attached hydrogens (tertiary/aromatic N) is 1. The van der Waals surface area contributed by atoms with Crippen LogP contribution in [-0.2, 0) is 0 Å². The molecule has 0 aliphatic heterocycles. The van der Waals surface area contributed by atoms with Crippen molar-refractivity contribution in [3.05, 3.63) is 63.7 Å². The molecule has 6 heteroatoms. The lowest BCUT2D eigenvalue weighted by atomic mass is 9.98. The van der Waals surface area contributed by atoms with Gasteiger partial charge in [-0.15, -0.1) is 0 Å². The fraction of sp³-hybridized carbons (Fsp3) is 0.200. The first-order chi connectivity index (χ1) is 10.1. The Morgan fingerprint density at radius 2 is 1.90 bits per heavy atom. The summed E-state index contributed by atoms with van der Waals surface area (Å²) in [5.74, 6) is 1.18. The van der Waals surface area contributed by atoms with Crippen molar-refractivity contribution in [3.8, 4) is 11.5 Å². The Morgan fingerprint density at radius 3 is 2.52 bits per heavy atom. The number of ether oxygens (including phenoxy) is 2. The number of hydrogen-bond donors (Lipinski definition) is 1. The highest BCUT2D eigenvalue weighted by Gasteiger charge is 2.18. The number of nitro benzene ring substituents is 1. The van der Waals surface area contributed by atoms with Crippen LogP contribution in [0.3, 0.4) is 0 Å². The van der Waals surface area contributed by atoms with Gasteiger partial charge in [0.15, 0.2) is 0 Å². The molecule has 0 amide bonds. The smallest absolute Gasteiger partial charge is 0.270 e. The van der Waals surface area contributed by atoms with E-state index < -0.39 is 11.0 Å². The average Bonchev–Trinajstić information content (AvgIpc) is 2.53.